The second kappa shape index (κ2) is 6.67. The van der Waals surface area contributed by atoms with Gasteiger partial charge in [0, 0.05) is 38.3 Å². The number of rotatable bonds is 3. The quantitative estimate of drug-likeness (QED) is 0.734. The van der Waals surface area contributed by atoms with E-state index in [9.17, 15) is 14.4 Å². The van der Waals surface area contributed by atoms with Crippen molar-refractivity contribution in [3.63, 3.8) is 0 Å². The van der Waals surface area contributed by atoms with E-state index >= 15 is 0 Å². The predicted octanol–water partition coefficient (Wildman–Crippen LogP) is 2.44. The van der Waals surface area contributed by atoms with Gasteiger partial charge in [0.05, 0.1) is 23.1 Å². The third kappa shape index (κ3) is 2.81. The topological polar surface area (TPSA) is 74.1 Å². The molecule has 154 valence electrons. The lowest BCUT2D eigenvalue weighted by Crippen LogP contribution is -2.50. The number of furan rings is 1. The van der Waals surface area contributed by atoms with Gasteiger partial charge in [-0.3, -0.25) is 24.2 Å². The molecule has 2 aromatic rings. The van der Waals surface area contributed by atoms with Crippen molar-refractivity contribution in [3.05, 3.63) is 59.6 Å². The Balaban J connectivity index is 1.36. The molecule has 1 fully saturated rings. The van der Waals surface area contributed by atoms with Crippen LogP contribution >= 0.6 is 0 Å². The second-order valence-corrected chi connectivity index (χ2v) is 8.54. The number of nitrogens with zero attached hydrogens (tertiary/aromatic N) is 3. The first-order chi connectivity index (χ1) is 14.4. The summed E-state index contributed by atoms with van der Waals surface area (Å²) in [6, 6.07) is 8.97. The minimum absolute atomic E-state index is 0.0776. The van der Waals surface area contributed by atoms with Crippen molar-refractivity contribution in [2.75, 3.05) is 37.6 Å². The van der Waals surface area contributed by atoms with Crippen molar-refractivity contribution in [1.29, 1.82) is 0 Å². The fourth-order valence-corrected chi connectivity index (χ4v) is 4.70. The molecule has 1 saturated heterocycles. The van der Waals surface area contributed by atoms with E-state index in [4.69, 9.17) is 4.42 Å². The van der Waals surface area contributed by atoms with Crippen LogP contribution in [0.1, 0.15) is 40.3 Å². The fourth-order valence-electron chi connectivity index (χ4n) is 4.70. The van der Waals surface area contributed by atoms with Gasteiger partial charge >= 0.3 is 0 Å². The van der Waals surface area contributed by atoms with Crippen LogP contribution in [0, 0.1) is 0 Å². The highest BCUT2D eigenvalue weighted by atomic mass is 16.3. The summed E-state index contributed by atoms with van der Waals surface area (Å²) in [4.78, 5) is 43.3. The normalized spacial score (nSPS) is 20.4. The Labute approximate surface area is 174 Å². The summed E-state index contributed by atoms with van der Waals surface area (Å²) in [7, 11) is 0. The number of benzene rings is 1. The van der Waals surface area contributed by atoms with Crippen LogP contribution in [0.2, 0.25) is 0 Å². The number of para-hydroxylation sites is 1. The SMILES string of the molecule is CC1(C)C=C(CN2CCN(C(=O)c3ccco3)CC2)c2cccc3c2N1C(=O)C3=O. The number of carbonyl (C=O) groups is 3. The lowest BCUT2D eigenvalue weighted by molar-refractivity contribution is -0.115. The molecule has 0 aliphatic carbocycles. The monoisotopic (exact) mass is 405 g/mol. The van der Waals surface area contributed by atoms with Crippen LogP contribution in [0.25, 0.3) is 5.57 Å². The highest BCUT2D eigenvalue weighted by molar-refractivity contribution is 6.53. The Morgan fingerprint density at radius 2 is 1.77 bits per heavy atom. The zero-order valence-corrected chi connectivity index (χ0v) is 17.1. The zero-order valence-electron chi connectivity index (χ0n) is 17.1. The van der Waals surface area contributed by atoms with E-state index in [1.165, 1.54) is 6.26 Å². The minimum Gasteiger partial charge on any atom is -0.459 e. The smallest absolute Gasteiger partial charge is 0.300 e. The van der Waals surface area contributed by atoms with E-state index in [1.807, 2.05) is 30.9 Å². The first-order valence-electron chi connectivity index (χ1n) is 10.2. The average molecular weight is 405 g/mol. The summed E-state index contributed by atoms with van der Waals surface area (Å²) < 4.78 is 5.23. The molecule has 30 heavy (non-hydrogen) atoms. The molecule has 7 nitrogen and oxygen atoms in total. The molecule has 2 amide bonds. The van der Waals surface area contributed by atoms with Crippen LogP contribution in [0.4, 0.5) is 5.69 Å². The van der Waals surface area contributed by atoms with Crippen molar-refractivity contribution in [3.8, 4) is 0 Å². The second-order valence-electron chi connectivity index (χ2n) is 8.54. The maximum absolute atomic E-state index is 12.6. The first kappa shape index (κ1) is 18.8. The number of carbonyl (C=O) groups excluding carboxylic acids is 3. The Hall–Kier alpha value is -3.19. The number of amides is 2. The molecule has 0 spiro atoms. The van der Waals surface area contributed by atoms with Crippen molar-refractivity contribution in [2.45, 2.75) is 19.4 Å². The van der Waals surface area contributed by atoms with E-state index in [1.54, 1.807) is 23.1 Å². The maximum atomic E-state index is 12.6. The van der Waals surface area contributed by atoms with E-state index in [2.05, 4.69) is 11.0 Å². The zero-order chi connectivity index (χ0) is 21.0. The molecule has 7 heteroatoms. The van der Waals surface area contributed by atoms with Gasteiger partial charge in [-0.25, -0.2) is 0 Å². The summed E-state index contributed by atoms with van der Waals surface area (Å²) in [5.74, 6) is -0.594. The standard InChI is InChI=1S/C23H23N3O4/c1-23(2)13-15(16-5-3-6-17-19(16)26(23)22(29)20(17)27)14-24-8-10-25(11-9-24)21(28)18-7-4-12-30-18/h3-7,12-13H,8-11,14H2,1-2H3. The molecule has 0 N–H and O–H groups in total. The molecule has 1 aromatic heterocycles. The molecule has 5 rings (SSSR count). The Kier molecular flexibility index (Phi) is 4.18. The van der Waals surface area contributed by atoms with Gasteiger partial charge in [-0.1, -0.05) is 18.2 Å². The molecule has 1 aromatic carbocycles. The van der Waals surface area contributed by atoms with Crippen molar-refractivity contribution in [1.82, 2.24) is 9.80 Å². The van der Waals surface area contributed by atoms with E-state index in [0.29, 0.717) is 31.0 Å². The van der Waals surface area contributed by atoms with Crippen LogP contribution < -0.4 is 4.90 Å². The summed E-state index contributed by atoms with van der Waals surface area (Å²) in [6.07, 6.45) is 3.61. The van der Waals surface area contributed by atoms with Crippen LogP contribution in [0.3, 0.4) is 0 Å². The molecular formula is C23H23N3O4. The van der Waals surface area contributed by atoms with Gasteiger partial charge in [-0.2, -0.15) is 0 Å². The summed E-state index contributed by atoms with van der Waals surface area (Å²) in [6.45, 7) is 7.39. The minimum atomic E-state index is -0.571. The fraction of sp³-hybridized carbons (Fsp3) is 0.348. The Bertz CT molecular complexity index is 1080. The van der Waals surface area contributed by atoms with Crippen molar-refractivity contribution < 1.29 is 18.8 Å². The molecule has 0 bridgehead atoms. The van der Waals surface area contributed by atoms with Gasteiger partial charge in [-0.15, -0.1) is 0 Å². The van der Waals surface area contributed by atoms with Crippen LogP contribution in [0.15, 0.2) is 47.1 Å². The summed E-state index contributed by atoms with van der Waals surface area (Å²) in [5.41, 5.74) is 2.71. The number of hydrogen-bond acceptors (Lipinski definition) is 5. The molecular weight excluding hydrogens is 382 g/mol. The summed E-state index contributed by atoms with van der Waals surface area (Å²) >= 11 is 0. The molecule has 3 aliphatic heterocycles. The largest absolute Gasteiger partial charge is 0.459 e. The highest BCUT2D eigenvalue weighted by Crippen LogP contribution is 2.45. The lowest BCUT2D eigenvalue weighted by atomic mass is 9.88. The molecule has 0 radical (unpaired) electrons. The molecule has 0 unspecified atom stereocenters. The maximum Gasteiger partial charge on any atom is 0.300 e. The van der Waals surface area contributed by atoms with Gasteiger partial charge in [-0.05, 0) is 37.6 Å². The summed E-state index contributed by atoms with van der Waals surface area (Å²) in [5, 5.41) is 0. The van der Waals surface area contributed by atoms with E-state index < -0.39 is 17.2 Å². The number of ketones is 1. The van der Waals surface area contributed by atoms with Gasteiger partial charge in [0.2, 0.25) is 0 Å². The van der Waals surface area contributed by atoms with Gasteiger partial charge in [0.15, 0.2) is 5.76 Å². The van der Waals surface area contributed by atoms with E-state index in [-0.39, 0.29) is 5.91 Å². The van der Waals surface area contributed by atoms with Gasteiger partial charge in [0.25, 0.3) is 17.6 Å². The predicted molar refractivity (Wildman–Crippen MR) is 111 cm³/mol. The number of piperazine rings is 1. The Morgan fingerprint density at radius 3 is 2.47 bits per heavy atom. The first-order valence-corrected chi connectivity index (χ1v) is 10.2. The van der Waals surface area contributed by atoms with Crippen LogP contribution in [-0.4, -0.2) is 65.7 Å². The molecule has 3 aliphatic rings. The van der Waals surface area contributed by atoms with Gasteiger partial charge < -0.3 is 9.32 Å². The van der Waals surface area contributed by atoms with Crippen LogP contribution in [0.5, 0.6) is 0 Å². The van der Waals surface area contributed by atoms with Gasteiger partial charge in [0.1, 0.15) is 0 Å². The molecule has 0 atom stereocenters. The third-order valence-electron chi connectivity index (χ3n) is 6.14. The molecule has 4 heterocycles. The number of Topliss-reactive ketones (excluding diaryl/α,β-unsaturated/α-hetero) is 1. The van der Waals surface area contributed by atoms with Crippen LogP contribution in [-0.2, 0) is 4.79 Å². The average Bonchev–Trinajstić information content (AvgIpc) is 3.35. The molecule has 0 saturated carbocycles. The number of hydrogen-bond donors (Lipinski definition) is 0. The number of anilines is 1. The Morgan fingerprint density at radius 1 is 1.03 bits per heavy atom. The van der Waals surface area contributed by atoms with E-state index in [0.717, 1.165) is 29.9 Å². The third-order valence-corrected chi connectivity index (χ3v) is 6.14. The lowest BCUT2D eigenvalue weighted by Gasteiger charge is -2.41. The highest BCUT2D eigenvalue weighted by Gasteiger charge is 2.47. The van der Waals surface area contributed by atoms with Crippen molar-refractivity contribution >= 4 is 28.9 Å². The van der Waals surface area contributed by atoms with Crippen molar-refractivity contribution in [2.24, 2.45) is 0 Å².